The Morgan fingerprint density at radius 3 is 2.45 bits per heavy atom. The highest BCUT2D eigenvalue weighted by Gasteiger charge is 2.20. The Labute approximate surface area is 190 Å². The van der Waals surface area contributed by atoms with Crippen molar-refractivity contribution < 1.29 is 4.79 Å². The standard InChI is InChI=1S/C21H23Cl2N7O/c1-21(2,3)29-20(31)28-18-13(16-14(22)7-6-8-15(16)23)9-12-10-24-19(25-11-30(4)5)27-17(12)26-18/h6-11H,1-5H3,(H2,24,26,27,28,29,31). The molecule has 0 saturated heterocycles. The van der Waals surface area contributed by atoms with E-state index >= 15 is 0 Å². The largest absolute Gasteiger partial charge is 0.369 e. The van der Waals surface area contributed by atoms with E-state index in [1.807, 2.05) is 34.9 Å². The highest BCUT2D eigenvalue weighted by molar-refractivity contribution is 6.39. The van der Waals surface area contributed by atoms with Crippen LogP contribution in [0.25, 0.3) is 22.2 Å². The summed E-state index contributed by atoms with van der Waals surface area (Å²) in [5, 5.41) is 7.16. The van der Waals surface area contributed by atoms with E-state index < -0.39 is 11.6 Å². The minimum Gasteiger partial charge on any atom is -0.369 e. The van der Waals surface area contributed by atoms with Crippen molar-refractivity contribution in [3.8, 4) is 11.1 Å². The van der Waals surface area contributed by atoms with Crippen LogP contribution in [0.15, 0.2) is 35.5 Å². The molecule has 0 radical (unpaired) electrons. The number of nitrogens with zero attached hydrogens (tertiary/aromatic N) is 5. The van der Waals surface area contributed by atoms with E-state index in [0.717, 1.165) is 0 Å². The molecular weight excluding hydrogens is 437 g/mol. The van der Waals surface area contributed by atoms with E-state index in [0.29, 0.717) is 32.2 Å². The van der Waals surface area contributed by atoms with Gasteiger partial charge < -0.3 is 10.2 Å². The second-order valence-corrected chi connectivity index (χ2v) is 8.92. The molecule has 31 heavy (non-hydrogen) atoms. The van der Waals surface area contributed by atoms with Crippen molar-refractivity contribution in [1.82, 2.24) is 25.2 Å². The number of aromatic nitrogens is 3. The molecule has 2 aromatic heterocycles. The normalized spacial score (nSPS) is 11.7. The topological polar surface area (TPSA) is 95.4 Å². The molecule has 0 fully saturated rings. The van der Waals surface area contributed by atoms with Crippen LogP contribution in [0.1, 0.15) is 20.8 Å². The number of hydrogen-bond donors (Lipinski definition) is 2. The predicted molar refractivity (Wildman–Crippen MR) is 127 cm³/mol. The van der Waals surface area contributed by atoms with Crippen molar-refractivity contribution in [3.63, 3.8) is 0 Å². The SMILES string of the molecule is CN(C)C=Nc1ncc2cc(-c3c(Cl)cccc3Cl)c(NC(=O)NC(C)(C)C)nc2n1. The van der Waals surface area contributed by atoms with Crippen LogP contribution in [-0.2, 0) is 0 Å². The highest BCUT2D eigenvalue weighted by Crippen LogP contribution is 2.39. The smallest absolute Gasteiger partial charge is 0.320 e. The van der Waals surface area contributed by atoms with Gasteiger partial charge in [-0.1, -0.05) is 29.3 Å². The number of amides is 2. The molecular formula is C21H23Cl2N7O. The van der Waals surface area contributed by atoms with Crippen LogP contribution in [0.5, 0.6) is 0 Å². The van der Waals surface area contributed by atoms with Gasteiger partial charge in [0.25, 0.3) is 5.95 Å². The maximum Gasteiger partial charge on any atom is 0.320 e. The van der Waals surface area contributed by atoms with E-state index in [-0.39, 0.29) is 11.8 Å². The number of hydrogen-bond acceptors (Lipinski definition) is 5. The molecule has 3 aromatic rings. The van der Waals surface area contributed by atoms with Crippen LogP contribution in [0.3, 0.4) is 0 Å². The van der Waals surface area contributed by atoms with Crippen LogP contribution >= 0.6 is 23.2 Å². The summed E-state index contributed by atoms with van der Waals surface area (Å²) in [5.74, 6) is 0.521. The molecule has 0 unspecified atom stereocenters. The number of pyridine rings is 1. The number of halogens is 2. The molecule has 0 atom stereocenters. The minimum atomic E-state index is -0.431. The molecule has 3 rings (SSSR count). The fourth-order valence-corrected chi connectivity index (χ4v) is 3.31. The molecule has 0 aliphatic rings. The third-order valence-corrected chi connectivity index (χ3v) is 4.54. The Hall–Kier alpha value is -2.97. The predicted octanol–water partition coefficient (Wildman–Crippen LogP) is 5.14. The summed E-state index contributed by atoms with van der Waals surface area (Å²) in [5.41, 5.74) is 1.06. The summed E-state index contributed by atoms with van der Waals surface area (Å²) >= 11 is 12.9. The van der Waals surface area contributed by atoms with Crippen LogP contribution in [0.2, 0.25) is 10.0 Å². The van der Waals surface area contributed by atoms with Gasteiger partial charge in [0.15, 0.2) is 5.65 Å². The maximum atomic E-state index is 12.6. The molecule has 2 amide bonds. The molecule has 0 aliphatic carbocycles. The number of fused-ring (bicyclic) bond motifs is 1. The molecule has 1 aromatic carbocycles. The lowest BCUT2D eigenvalue weighted by molar-refractivity contribution is 0.243. The van der Waals surface area contributed by atoms with Gasteiger partial charge in [0.05, 0.1) is 16.4 Å². The summed E-state index contributed by atoms with van der Waals surface area (Å²) in [6, 6.07) is 6.58. The van der Waals surface area contributed by atoms with Crippen molar-refractivity contribution in [2.45, 2.75) is 26.3 Å². The van der Waals surface area contributed by atoms with Gasteiger partial charge in [-0.15, -0.1) is 0 Å². The van der Waals surface area contributed by atoms with E-state index in [1.165, 1.54) is 0 Å². The molecule has 10 heteroatoms. The van der Waals surface area contributed by atoms with Crippen LogP contribution < -0.4 is 10.6 Å². The monoisotopic (exact) mass is 459 g/mol. The molecule has 0 aliphatic heterocycles. The number of carbonyl (C=O) groups excluding carboxylic acids is 1. The number of rotatable bonds is 4. The average molecular weight is 460 g/mol. The Kier molecular flexibility index (Phi) is 6.62. The zero-order valence-electron chi connectivity index (χ0n) is 17.9. The molecule has 2 N–H and O–H groups in total. The highest BCUT2D eigenvalue weighted by atomic mass is 35.5. The number of nitrogens with one attached hydrogen (secondary N) is 2. The summed E-state index contributed by atoms with van der Waals surface area (Å²) in [6.07, 6.45) is 3.21. The van der Waals surface area contributed by atoms with Crippen LogP contribution in [-0.4, -0.2) is 51.9 Å². The summed E-state index contributed by atoms with van der Waals surface area (Å²) in [7, 11) is 3.69. The number of benzene rings is 1. The van der Waals surface area contributed by atoms with Crippen molar-refractivity contribution in [3.05, 3.63) is 40.5 Å². The quantitative estimate of drug-likeness (QED) is 0.415. The summed E-state index contributed by atoms with van der Waals surface area (Å²) < 4.78 is 0. The first-order valence-electron chi connectivity index (χ1n) is 9.45. The summed E-state index contributed by atoms with van der Waals surface area (Å²) in [4.78, 5) is 31.7. The number of anilines is 1. The minimum absolute atomic E-state index is 0.252. The molecule has 0 spiro atoms. The fraction of sp³-hybridized carbons (Fsp3) is 0.286. The number of aliphatic imine (C=N–C) groups is 1. The summed E-state index contributed by atoms with van der Waals surface area (Å²) in [6.45, 7) is 5.65. The van der Waals surface area contributed by atoms with Crippen LogP contribution in [0, 0.1) is 0 Å². The van der Waals surface area contributed by atoms with Gasteiger partial charge in [-0.2, -0.15) is 4.98 Å². The Morgan fingerprint density at radius 1 is 1.16 bits per heavy atom. The third-order valence-electron chi connectivity index (χ3n) is 3.91. The number of urea groups is 1. The Bertz CT molecular complexity index is 1140. The van der Waals surface area contributed by atoms with Crippen molar-refractivity contribution in [2.75, 3.05) is 19.4 Å². The Morgan fingerprint density at radius 2 is 1.84 bits per heavy atom. The van der Waals surface area contributed by atoms with E-state index in [2.05, 4.69) is 30.6 Å². The Balaban J connectivity index is 2.16. The zero-order chi connectivity index (χ0) is 22.8. The lowest BCUT2D eigenvalue weighted by Gasteiger charge is -2.21. The van der Waals surface area contributed by atoms with Gasteiger partial charge in [0, 0.05) is 42.3 Å². The molecule has 8 nitrogen and oxygen atoms in total. The first-order chi connectivity index (χ1) is 14.5. The lowest BCUT2D eigenvalue weighted by atomic mass is 10.0. The molecule has 0 saturated carbocycles. The average Bonchev–Trinajstić information content (AvgIpc) is 2.64. The van der Waals surface area contributed by atoms with E-state index in [9.17, 15) is 4.79 Å². The molecule has 162 valence electrons. The van der Waals surface area contributed by atoms with Gasteiger partial charge in [0.1, 0.15) is 5.82 Å². The van der Waals surface area contributed by atoms with Gasteiger partial charge in [-0.25, -0.2) is 19.8 Å². The second-order valence-electron chi connectivity index (χ2n) is 8.10. The first-order valence-corrected chi connectivity index (χ1v) is 10.2. The first kappa shape index (κ1) is 22.7. The van der Waals surface area contributed by atoms with E-state index in [4.69, 9.17) is 23.2 Å². The lowest BCUT2D eigenvalue weighted by Crippen LogP contribution is -2.43. The number of carbonyl (C=O) groups is 1. The van der Waals surface area contributed by atoms with Crippen molar-refractivity contribution >= 4 is 58.4 Å². The zero-order valence-corrected chi connectivity index (χ0v) is 19.4. The van der Waals surface area contributed by atoms with Gasteiger partial charge in [-0.05, 0) is 39.0 Å². The van der Waals surface area contributed by atoms with Crippen LogP contribution in [0.4, 0.5) is 16.6 Å². The van der Waals surface area contributed by atoms with Crippen molar-refractivity contribution in [1.29, 1.82) is 0 Å². The van der Waals surface area contributed by atoms with Gasteiger partial charge in [-0.3, -0.25) is 5.32 Å². The maximum absolute atomic E-state index is 12.6. The van der Waals surface area contributed by atoms with Gasteiger partial charge >= 0.3 is 6.03 Å². The third kappa shape index (κ3) is 5.80. The van der Waals surface area contributed by atoms with E-state index in [1.54, 1.807) is 41.7 Å². The molecule has 2 heterocycles. The fourth-order valence-electron chi connectivity index (χ4n) is 2.70. The molecule has 0 bridgehead atoms. The second kappa shape index (κ2) is 9.03. The van der Waals surface area contributed by atoms with Gasteiger partial charge in [0.2, 0.25) is 0 Å². The van der Waals surface area contributed by atoms with Crippen molar-refractivity contribution in [2.24, 2.45) is 4.99 Å².